The highest BCUT2D eigenvalue weighted by molar-refractivity contribution is 9.10. The van der Waals surface area contributed by atoms with Crippen molar-refractivity contribution in [2.24, 2.45) is 0 Å². The van der Waals surface area contributed by atoms with E-state index in [1.54, 1.807) is 0 Å². The van der Waals surface area contributed by atoms with Crippen molar-refractivity contribution in [1.82, 2.24) is 9.88 Å². The van der Waals surface area contributed by atoms with Crippen LogP contribution in [-0.2, 0) is 11.2 Å². The molecule has 1 aromatic carbocycles. The number of nitrogens with zero attached hydrogens (tertiary/aromatic N) is 1. The first-order valence-corrected chi connectivity index (χ1v) is 9.32. The molecule has 132 valence electrons. The molecule has 0 radical (unpaired) electrons. The standard InChI is InChI=1S/C20H24BrN3O/c1-12-15(6-5-9-24(3)4)13(2)22-19(12)11-17-16-10-14(21)7-8-18(16)23-20(17)25/h7-8,10-11,22H,5-6,9H2,1-4H3,(H,23,25)/b17-11-. The third-order valence-corrected chi connectivity index (χ3v) is 5.21. The molecule has 3 rings (SSSR count). The molecule has 5 heteroatoms. The molecule has 2 heterocycles. The molecule has 1 amide bonds. The third-order valence-electron chi connectivity index (χ3n) is 4.72. The van der Waals surface area contributed by atoms with Crippen LogP contribution in [0.15, 0.2) is 22.7 Å². The number of halogens is 1. The second-order valence-electron chi connectivity index (χ2n) is 6.88. The Kier molecular flexibility index (Phi) is 5.16. The van der Waals surface area contributed by atoms with E-state index in [0.717, 1.165) is 40.8 Å². The predicted molar refractivity (Wildman–Crippen MR) is 108 cm³/mol. The van der Waals surface area contributed by atoms with Gasteiger partial charge in [-0.05, 0) is 82.7 Å². The maximum Gasteiger partial charge on any atom is 0.256 e. The van der Waals surface area contributed by atoms with Gasteiger partial charge in [-0.3, -0.25) is 4.79 Å². The van der Waals surface area contributed by atoms with Gasteiger partial charge in [0.1, 0.15) is 0 Å². The van der Waals surface area contributed by atoms with Crippen molar-refractivity contribution in [2.45, 2.75) is 26.7 Å². The Morgan fingerprint density at radius 1 is 1.24 bits per heavy atom. The van der Waals surface area contributed by atoms with Crippen LogP contribution in [0.4, 0.5) is 5.69 Å². The number of aromatic nitrogens is 1. The molecular weight excluding hydrogens is 378 g/mol. The molecule has 4 nitrogen and oxygen atoms in total. The average Bonchev–Trinajstić information content (AvgIpc) is 2.98. The Morgan fingerprint density at radius 2 is 2.00 bits per heavy atom. The Hall–Kier alpha value is -1.85. The van der Waals surface area contributed by atoms with Gasteiger partial charge in [0.05, 0.1) is 5.57 Å². The number of benzene rings is 1. The minimum Gasteiger partial charge on any atom is -0.359 e. The second-order valence-corrected chi connectivity index (χ2v) is 7.79. The number of nitrogens with one attached hydrogen (secondary N) is 2. The van der Waals surface area contributed by atoms with Crippen LogP contribution in [0.3, 0.4) is 0 Å². The normalized spacial score (nSPS) is 15.1. The van der Waals surface area contributed by atoms with Crippen LogP contribution in [0.1, 0.15) is 34.5 Å². The highest BCUT2D eigenvalue weighted by Gasteiger charge is 2.25. The number of rotatable bonds is 5. The Morgan fingerprint density at radius 3 is 2.72 bits per heavy atom. The van der Waals surface area contributed by atoms with E-state index in [1.165, 1.54) is 16.8 Å². The zero-order valence-electron chi connectivity index (χ0n) is 15.2. The summed E-state index contributed by atoms with van der Waals surface area (Å²) in [7, 11) is 4.20. The van der Waals surface area contributed by atoms with Crippen molar-refractivity contribution in [1.29, 1.82) is 0 Å². The summed E-state index contributed by atoms with van der Waals surface area (Å²) in [4.78, 5) is 18.1. The molecule has 0 atom stereocenters. The minimum absolute atomic E-state index is 0.0473. The molecule has 0 aliphatic carbocycles. The lowest BCUT2D eigenvalue weighted by Gasteiger charge is -2.09. The van der Waals surface area contributed by atoms with Gasteiger partial charge in [0.2, 0.25) is 0 Å². The molecule has 0 spiro atoms. The van der Waals surface area contributed by atoms with E-state index < -0.39 is 0 Å². The van der Waals surface area contributed by atoms with Crippen LogP contribution in [0.5, 0.6) is 0 Å². The van der Waals surface area contributed by atoms with Gasteiger partial charge in [0.15, 0.2) is 0 Å². The fraction of sp³-hybridized carbons (Fsp3) is 0.350. The van der Waals surface area contributed by atoms with Crippen LogP contribution < -0.4 is 5.32 Å². The molecule has 2 aromatic rings. The van der Waals surface area contributed by atoms with Crippen LogP contribution in [0.2, 0.25) is 0 Å². The summed E-state index contributed by atoms with van der Waals surface area (Å²) in [5, 5.41) is 2.94. The average molecular weight is 402 g/mol. The van der Waals surface area contributed by atoms with E-state index in [2.05, 4.69) is 59.1 Å². The number of aromatic amines is 1. The van der Waals surface area contributed by atoms with E-state index in [4.69, 9.17) is 0 Å². The van der Waals surface area contributed by atoms with Crippen molar-refractivity contribution >= 4 is 39.2 Å². The molecule has 0 unspecified atom stereocenters. The Bertz CT molecular complexity index is 849. The van der Waals surface area contributed by atoms with Crippen LogP contribution in [0.25, 0.3) is 11.6 Å². The molecule has 1 aliphatic heterocycles. The maximum absolute atomic E-state index is 12.4. The number of fused-ring (bicyclic) bond motifs is 1. The molecular formula is C20H24BrN3O. The topological polar surface area (TPSA) is 48.1 Å². The number of hydrogen-bond donors (Lipinski definition) is 2. The lowest BCUT2D eigenvalue weighted by Crippen LogP contribution is -2.13. The van der Waals surface area contributed by atoms with Gasteiger partial charge in [-0.1, -0.05) is 15.9 Å². The monoisotopic (exact) mass is 401 g/mol. The number of carbonyl (C=O) groups is 1. The molecule has 0 saturated carbocycles. The number of amides is 1. The Labute approximate surface area is 157 Å². The van der Waals surface area contributed by atoms with E-state index in [0.29, 0.717) is 5.57 Å². The lowest BCUT2D eigenvalue weighted by atomic mass is 10.0. The van der Waals surface area contributed by atoms with Crippen molar-refractivity contribution < 1.29 is 4.79 Å². The van der Waals surface area contributed by atoms with Crippen LogP contribution in [-0.4, -0.2) is 36.4 Å². The highest BCUT2D eigenvalue weighted by atomic mass is 79.9. The molecule has 0 saturated heterocycles. The zero-order chi connectivity index (χ0) is 18.1. The number of anilines is 1. The van der Waals surface area contributed by atoms with Crippen molar-refractivity contribution in [3.63, 3.8) is 0 Å². The van der Waals surface area contributed by atoms with Gasteiger partial charge < -0.3 is 15.2 Å². The fourth-order valence-corrected chi connectivity index (χ4v) is 3.72. The van der Waals surface area contributed by atoms with Gasteiger partial charge in [-0.15, -0.1) is 0 Å². The number of aryl methyl sites for hydroxylation is 1. The molecule has 1 aliphatic rings. The molecule has 0 fully saturated rings. The Balaban J connectivity index is 1.92. The third kappa shape index (κ3) is 3.72. The number of H-pyrrole nitrogens is 1. The summed E-state index contributed by atoms with van der Waals surface area (Å²) in [5.74, 6) is -0.0473. The summed E-state index contributed by atoms with van der Waals surface area (Å²) in [5.41, 5.74) is 7.33. The SMILES string of the molecule is Cc1[nH]c(/C=C2\C(=O)Nc3ccc(Br)cc32)c(C)c1CCCN(C)C. The van der Waals surface area contributed by atoms with Gasteiger partial charge in [-0.25, -0.2) is 0 Å². The number of carbonyl (C=O) groups excluding carboxylic acids is 1. The van der Waals surface area contributed by atoms with Crippen molar-refractivity contribution in [2.75, 3.05) is 26.0 Å². The maximum atomic E-state index is 12.4. The summed E-state index contributed by atoms with van der Waals surface area (Å²) >= 11 is 3.49. The predicted octanol–water partition coefficient (Wildman–Crippen LogP) is 4.38. The van der Waals surface area contributed by atoms with Crippen molar-refractivity contribution in [3.05, 3.63) is 50.8 Å². The summed E-state index contributed by atoms with van der Waals surface area (Å²) < 4.78 is 0.970. The van der Waals surface area contributed by atoms with E-state index >= 15 is 0 Å². The molecule has 0 bridgehead atoms. The summed E-state index contributed by atoms with van der Waals surface area (Å²) in [6, 6.07) is 5.86. The quantitative estimate of drug-likeness (QED) is 0.730. The fourth-order valence-electron chi connectivity index (χ4n) is 3.35. The molecule has 25 heavy (non-hydrogen) atoms. The summed E-state index contributed by atoms with van der Waals surface area (Å²) in [6.07, 6.45) is 4.15. The van der Waals surface area contributed by atoms with Gasteiger partial charge in [-0.2, -0.15) is 0 Å². The largest absolute Gasteiger partial charge is 0.359 e. The molecule has 2 N–H and O–H groups in total. The minimum atomic E-state index is -0.0473. The summed E-state index contributed by atoms with van der Waals surface area (Å²) in [6.45, 7) is 5.32. The first-order valence-electron chi connectivity index (χ1n) is 8.52. The van der Waals surface area contributed by atoms with Gasteiger partial charge in [0.25, 0.3) is 5.91 Å². The van der Waals surface area contributed by atoms with Gasteiger partial charge in [0, 0.05) is 27.1 Å². The highest BCUT2D eigenvalue weighted by Crippen LogP contribution is 2.35. The van der Waals surface area contributed by atoms with Crippen molar-refractivity contribution in [3.8, 4) is 0 Å². The zero-order valence-corrected chi connectivity index (χ0v) is 16.8. The lowest BCUT2D eigenvalue weighted by molar-refractivity contribution is -0.110. The van der Waals surface area contributed by atoms with Crippen LogP contribution >= 0.6 is 15.9 Å². The second kappa shape index (κ2) is 7.18. The first-order chi connectivity index (χ1) is 11.9. The van der Waals surface area contributed by atoms with Crippen LogP contribution in [0, 0.1) is 13.8 Å². The van der Waals surface area contributed by atoms with E-state index in [-0.39, 0.29) is 5.91 Å². The molecule has 1 aromatic heterocycles. The first kappa shape index (κ1) is 18.0. The number of hydrogen-bond acceptors (Lipinski definition) is 2. The van der Waals surface area contributed by atoms with E-state index in [9.17, 15) is 4.79 Å². The smallest absolute Gasteiger partial charge is 0.256 e. The van der Waals surface area contributed by atoms with Gasteiger partial charge >= 0.3 is 0 Å². The van der Waals surface area contributed by atoms with E-state index in [1.807, 2.05) is 24.3 Å².